The van der Waals surface area contributed by atoms with E-state index in [2.05, 4.69) is 40.3 Å². The van der Waals surface area contributed by atoms with Gasteiger partial charge in [0.1, 0.15) is 0 Å². The van der Waals surface area contributed by atoms with Crippen molar-refractivity contribution in [2.24, 2.45) is 17.3 Å². The van der Waals surface area contributed by atoms with E-state index < -0.39 is 0 Å². The first-order valence-corrected chi connectivity index (χ1v) is 7.30. The molecule has 0 saturated heterocycles. The van der Waals surface area contributed by atoms with Gasteiger partial charge in [-0.15, -0.1) is 0 Å². The van der Waals surface area contributed by atoms with Crippen LogP contribution >= 0.6 is 12.6 Å². The summed E-state index contributed by atoms with van der Waals surface area (Å²) in [6.45, 7) is 10.1. The van der Waals surface area contributed by atoms with Crippen molar-refractivity contribution >= 4 is 12.6 Å². The Balaban J connectivity index is 2.24. The molecule has 0 N–H and O–H groups in total. The molecule has 96 valence electrons. The Hall–Kier alpha value is 0.310. The lowest BCUT2D eigenvalue weighted by Gasteiger charge is -2.35. The molecule has 0 aromatic rings. The minimum atomic E-state index is 0.508. The molecule has 1 aliphatic rings. The highest BCUT2D eigenvalue weighted by molar-refractivity contribution is 7.80. The lowest BCUT2D eigenvalue weighted by atomic mass is 9.76. The molecule has 1 unspecified atom stereocenters. The Morgan fingerprint density at radius 1 is 1.25 bits per heavy atom. The van der Waals surface area contributed by atoms with Crippen LogP contribution in [0.1, 0.15) is 53.4 Å². The molecule has 0 aromatic carbocycles. The van der Waals surface area contributed by atoms with Gasteiger partial charge >= 0.3 is 0 Å². The van der Waals surface area contributed by atoms with Crippen LogP contribution in [-0.4, -0.2) is 18.5 Å². The molecule has 0 amide bonds. The first-order chi connectivity index (χ1) is 7.44. The molecule has 2 heteroatoms. The first-order valence-electron chi connectivity index (χ1n) is 6.67. The molecule has 1 rings (SSSR count). The van der Waals surface area contributed by atoms with E-state index in [0.29, 0.717) is 23.4 Å². The smallest absolute Gasteiger partial charge is 0.0575 e. The zero-order valence-electron chi connectivity index (χ0n) is 11.3. The molecule has 1 saturated carbocycles. The van der Waals surface area contributed by atoms with Gasteiger partial charge in [-0.25, -0.2) is 0 Å². The summed E-state index contributed by atoms with van der Waals surface area (Å²) >= 11 is 4.40. The molecule has 1 fully saturated rings. The maximum Gasteiger partial charge on any atom is 0.0575 e. The van der Waals surface area contributed by atoms with Crippen LogP contribution in [-0.2, 0) is 4.74 Å². The first kappa shape index (κ1) is 14.4. The van der Waals surface area contributed by atoms with Gasteiger partial charge in [-0.3, -0.25) is 0 Å². The minimum Gasteiger partial charge on any atom is -0.378 e. The molecule has 1 atom stereocenters. The Labute approximate surface area is 107 Å². The predicted octanol–water partition coefficient (Wildman–Crippen LogP) is 4.17. The van der Waals surface area contributed by atoms with E-state index in [1.165, 1.54) is 25.7 Å². The molecule has 1 aliphatic carbocycles. The summed E-state index contributed by atoms with van der Waals surface area (Å²) in [6.07, 6.45) is 5.61. The molecule has 1 nitrogen and oxygen atoms in total. The van der Waals surface area contributed by atoms with Crippen LogP contribution in [0.2, 0.25) is 0 Å². The van der Waals surface area contributed by atoms with Crippen molar-refractivity contribution in [2.45, 2.75) is 59.5 Å². The number of thiol groups is 1. The number of hydrogen-bond acceptors (Lipinski definition) is 2. The molecule has 0 spiro atoms. The Morgan fingerprint density at radius 3 is 2.25 bits per heavy atom. The van der Waals surface area contributed by atoms with Crippen molar-refractivity contribution in [3.63, 3.8) is 0 Å². The van der Waals surface area contributed by atoms with E-state index in [-0.39, 0.29) is 0 Å². The third kappa shape index (κ3) is 4.67. The summed E-state index contributed by atoms with van der Waals surface area (Å²) in [5.41, 5.74) is 0.543. The van der Waals surface area contributed by atoms with Crippen LogP contribution in [0.25, 0.3) is 0 Å². The van der Waals surface area contributed by atoms with Gasteiger partial charge < -0.3 is 4.74 Å². The van der Waals surface area contributed by atoms with Crippen LogP contribution in [0.15, 0.2) is 0 Å². The highest BCUT2D eigenvalue weighted by Crippen LogP contribution is 2.36. The highest BCUT2D eigenvalue weighted by atomic mass is 32.1. The van der Waals surface area contributed by atoms with Crippen LogP contribution in [0.3, 0.4) is 0 Å². The third-order valence-electron chi connectivity index (χ3n) is 4.01. The number of rotatable bonds is 5. The van der Waals surface area contributed by atoms with Gasteiger partial charge in [-0.05, 0) is 48.7 Å². The van der Waals surface area contributed by atoms with Crippen LogP contribution in [0, 0.1) is 17.3 Å². The fourth-order valence-corrected chi connectivity index (χ4v) is 2.78. The lowest BCUT2D eigenvalue weighted by molar-refractivity contribution is -0.0150. The minimum absolute atomic E-state index is 0.508. The van der Waals surface area contributed by atoms with Gasteiger partial charge in [0.05, 0.1) is 12.7 Å². The normalized spacial score (nSPS) is 23.6. The largest absolute Gasteiger partial charge is 0.378 e. The maximum absolute atomic E-state index is 6.04. The SMILES string of the molecule is CC(C)C(CS)COC1CCC(C)(C)CC1. The van der Waals surface area contributed by atoms with E-state index in [1.807, 2.05) is 0 Å². The summed E-state index contributed by atoms with van der Waals surface area (Å²) in [7, 11) is 0. The average Bonchev–Trinajstić information content (AvgIpc) is 2.20. The van der Waals surface area contributed by atoms with Gasteiger partial charge in [0, 0.05) is 0 Å². The second-order valence-corrected chi connectivity index (χ2v) is 6.75. The topological polar surface area (TPSA) is 9.23 Å². The van der Waals surface area contributed by atoms with E-state index in [0.717, 1.165) is 12.4 Å². The van der Waals surface area contributed by atoms with Crippen LogP contribution in [0.4, 0.5) is 0 Å². The maximum atomic E-state index is 6.04. The van der Waals surface area contributed by atoms with Gasteiger partial charge in [-0.1, -0.05) is 27.7 Å². The standard InChI is InChI=1S/C14H28OS/c1-11(2)12(10-16)9-15-13-5-7-14(3,4)8-6-13/h11-13,16H,5-10H2,1-4H3. The van der Waals surface area contributed by atoms with Crippen LogP contribution < -0.4 is 0 Å². The van der Waals surface area contributed by atoms with Crippen molar-refractivity contribution in [1.29, 1.82) is 0 Å². The van der Waals surface area contributed by atoms with E-state index in [9.17, 15) is 0 Å². The molecular formula is C14H28OS. The van der Waals surface area contributed by atoms with E-state index >= 15 is 0 Å². The highest BCUT2D eigenvalue weighted by Gasteiger charge is 2.27. The van der Waals surface area contributed by atoms with E-state index in [4.69, 9.17) is 4.74 Å². The summed E-state index contributed by atoms with van der Waals surface area (Å²) < 4.78 is 6.04. The second kappa shape index (κ2) is 6.30. The molecule has 0 radical (unpaired) electrons. The Morgan fingerprint density at radius 2 is 1.81 bits per heavy atom. The van der Waals surface area contributed by atoms with Gasteiger partial charge in [0.15, 0.2) is 0 Å². The van der Waals surface area contributed by atoms with E-state index in [1.54, 1.807) is 0 Å². The molecule has 0 heterocycles. The summed E-state index contributed by atoms with van der Waals surface area (Å²) in [6, 6.07) is 0. The number of ether oxygens (including phenoxy) is 1. The summed E-state index contributed by atoms with van der Waals surface area (Å²) in [5, 5.41) is 0. The molecule has 0 aliphatic heterocycles. The summed E-state index contributed by atoms with van der Waals surface area (Å²) in [5.74, 6) is 2.23. The zero-order chi connectivity index (χ0) is 12.2. The average molecular weight is 244 g/mol. The van der Waals surface area contributed by atoms with Crippen LogP contribution in [0.5, 0.6) is 0 Å². The molecule has 16 heavy (non-hydrogen) atoms. The zero-order valence-corrected chi connectivity index (χ0v) is 12.2. The lowest BCUT2D eigenvalue weighted by Crippen LogP contribution is -2.29. The second-order valence-electron chi connectivity index (χ2n) is 6.38. The number of hydrogen-bond donors (Lipinski definition) is 1. The summed E-state index contributed by atoms with van der Waals surface area (Å²) in [4.78, 5) is 0. The van der Waals surface area contributed by atoms with Crippen molar-refractivity contribution in [1.82, 2.24) is 0 Å². The molecular weight excluding hydrogens is 216 g/mol. The van der Waals surface area contributed by atoms with Crippen molar-refractivity contribution in [3.05, 3.63) is 0 Å². The predicted molar refractivity (Wildman–Crippen MR) is 74.2 cm³/mol. The van der Waals surface area contributed by atoms with Gasteiger partial charge in [-0.2, -0.15) is 12.6 Å². The Kier molecular flexibility index (Phi) is 5.66. The van der Waals surface area contributed by atoms with Gasteiger partial charge in [0.2, 0.25) is 0 Å². The van der Waals surface area contributed by atoms with Crippen molar-refractivity contribution in [2.75, 3.05) is 12.4 Å². The monoisotopic (exact) mass is 244 g/mol. The quantitative estimate of drug-likeness (QED) is 0.714. The fraction of sp³-hybridized carbons (Fsp3) is 1.00. The third-order valence-corrected chi connectivity index (χ3v) is 4.48. The molecule has 0 bridgehead atoms. The van der Waals surface area contributed by atoms with Gasteiger partial charge in [0.25, 0.3) is 0 Å². The molecule has 0 aromatic heterocycles. The fourth-order valence-electron chi connectivity index (χ4n) is 2.26. The van der Waals surface area contributed by atoms with Crippen molar-refractivity contribution < 1.29 is 4.74 Å². The van der Waals surface area contributed by atoms with Crippen molar-refractivity contribution in [3.8, 4) is 0 Å². The Bertz CT molecular complexity index is 191.